The maximum absolute atomic E-state index is 11.3. The van der Waals surface area contributed by atoms with Gasteiger partial charge in [0.25, 0.3) is 0 Å². The molecule has 3 heteroatoms. The SMILES string of the molecule is CCCCCCCCCCCCO[C@H](CCCCCCCCCCC)CC(=O)Cl. The van der Waals surface area contributed by atoms with Gasteiger partial charge in [0.2, 0.25) is 5.24 Å². The van der Waals surface area contributed by atoms with Gasteiger partial charge in [-0.15, -0.1) is 0 Å². The predicted octanol–water partition coefficient (Wildman–Crippen LogP) is 9.37. The van der Waals surface area contributed by atoms with E-state index in [0.717, 1.165) is 25.9 Å². The van der Waals surface area contributed by atoms with Crippen LogP contribution in [0.5, 0.6) is 0 Å². The molecule has 0 unspecified atom stereocenters. The van der Waals surface area contributed by atoms with Crippen molar-refractivity contribution in [2.75, 3.05) is 6.61 Å². The Bertz CT molecular complexity index is 333. The zero-order valence-electron chi connectivity index (χ0n) is 19.8. The van der Waals surface area contributed by atoms with E-state index in [1.54, 1.807) is 0 Å². The fourth-order valence-corrected chi connectivity index (χ4v) is 4.12. The van der Waals surface area contributed by atoms with Gasteiger partial charge in [-0.3, -0.25) is 4.79 Å². The summed E-state index contributed by atoms with van der Waals surface area (Å²) in [6, 6.07) is 0. The van der Waals surface area contributed by atoms with Gasteiger partial charge in [-0.05, 0) is 24.4 Å². The Balaban J connectivity index is 3.55. The molecule has 0 N–H and O–H groups in total. The van der Waals surface area contributed by atoms with Crippen LogP contribution < -0.4 is 0 Å². The molecule has 0 bridgehead atoms. The lowest BCUT2D eigenvalue weighted by molar-refractivity contribution is -0.114. The van der Waals surface area contributed by atoms with Crippen molar-refractivity contribution in [1.82, 2.24) is 0 Å². The van der Waals surface area contributed by atoms with Gasteiger partial charge in [-0.2, -0.15) is 0 Å². The first-order chi connectivity index (χ1) is 14.2. The molecule has 0 fully saturated rings. The molecular formula is C26H51ClO2. The van der Waals surface area contributed by atoms with Crippen LogP contribution in [0.1, 0.15) is 149 Å². The number of carbonyl (C=O) groups excluding carboxylic acids is 1. The fraction of sp³-hybridized carbons (Fsp3) is 0.962. The van der Waals surface area contributed by atoms with Crippen LogP contribution in [0.2, 0.25) is 0 Å². The van der Waals surface area contributed by atoms with Crippen molar-refractivity contribution in [1.29, 1.82) is 0 Å². The molecule has 0 saturated heterocycles. The third kappa shape index (κ3) is 24.1. The standard InChI is InChI=1S/C26H51ClO2/c1-3-5-7-9-11-13-15-17-19-21-23-29-25(24-26(27)28)22-20-18-16-14-12-10-8-6-4-2/h25H,3-24H2,1-2H3/t25-/m1/s1. The van der Waals surface area contributed by atoms with Crippen molar-refractivity contribution in [2.24, 2.45) is 0 Å². The molecule has 0 rings (SSSR count). The van der Waals surface area contributed by atoms with Crippen LogP contribution in [-0.2, 0) is 9.53 Å². The average Bonchev–Trinajstić information content (AvgIpc) is 2.70. The molecule has 29 heavy (non-hydrogen) atoms. The minimum absolute atomic E-state index is 0.0307. The van der Waals surface area contributed by atoms with E-state index < -0.39 is 0 Å². The van der Waals surface area contributed by atoms with Gasteiger partial charge in [0.05, 0.1) is 6.10 Å². The number of hydrogen-bond acceptors (Lipinski definition) is 2. The molecule has 1 atom stereocenters. The summed E-state index contributed by atoms with van der Waals surface area (Å²) in [6.45, 7) is 5.31. The minimum atomic E-state index is -0.256. The van der Waals surface area contributed by atoms with Crippen LogP contribution in [0, 0.1) is 0 Å². The van der Waals surface area contributed by atoms with E-state index in [-0.39, 0.29) is 11.3 Å². The van der Waals surface area contributed by atoms with Gasteiger partial charge in [0.1, 0.15) is 0 Å². The van der Waals surface area contributed by atoms with E-state index in [9.17, 15) is 4.79 Å². The van der Waals surface area contributed by atoms with Gasteiger partial charge in [-0.25, -0.2) is 0 Å². The summed E-state index contributed by atoms with van der Waals surface area (Å²) in [5.74, 6) is 0. The smallest absolute Gasteiger partial charge is 0.224 e. The van der Waals surface area contributed by atoms with Crippen LogP contribution in [-0.4, -0.2) is 18.0 Å². The summed E-state index contributed by atoms with van der Waals surface area (Å²) >= 11 is 5.62. The molecule has 0 saturated carbocycles. The lowest BCUT2D eigenvalue weighted by Gasteiger charge is -2.16. The van der Waals surface area contributed by atoms with Crippen molar-refractivity contribution in [3.8, 4) is 0 Å². The third-order valence-electron chi connectivity index (χ3n) is 5.87. The van der Waals surface area contributed by atoms with Crippen molar-refractivity contribution in [2.45, 2.75) is 155 Å². The molecule has 0 aromatic rings. The number of hydrogen-bond donors (Lipinski definition) is 0. The summed E-state index contributed by atoms with van der Waals surface area (Å²) in [6.07, 6.45) is 26.6. The largest absolute Gasteiger partial charge is 0.378 e. The summed E-state index contributed by atoms with van der Waals surface area (Å²) in [4.78, 5) is 11.3. The summed E-state index contributed by atoms with van der Waals surface area (Å²) in [5, 5.41) is -0.256. The molecule has 0 amide bonds. The number of ether oxygens (including phenoxy) is 1. The second-order valence-electron chi connectivity index (χ2n) is 8.85. The van der Waals surface area contributed by atoms with E-state index in [1.165, 1.54) is 109 Å². The van der Waals surface area contributed by atoms with Crippen molar-refractivity contribution in [3.63, 3.8) is 0 Å². The summed E-state index contributed by atoms with van der Waals surface area (Å²) in [5.41, 5.74) is 0. The average molecular weight is 431 g/mol. The zero-order valence-corrected chi connectivity index (χ0v) is 20.6. The van der Waals surface area contributed by atoms with E-state index >= 15 is 0 Å². The topological polar surface area (TPSA) is 26.3 Å². The predicted molar refractivity (Wildman–Crippen MR) is 129 cm³/mol. The lowest BCUT2D eigenvalue weighted by atomic mass is 10.0. The third-order valence-corrected chi connectivity index (χ3v) is 6.02. The number of carbonyl (C=O) groups is 1. The first-order valence-corrected chi connectivity index (χ1v) is 13.4. The molecule has 0 aliphatic rings. The normalized spacial score (nSPS) is 12.4. The van der Waals surface area contributed by atoms with Crippen LogP contribution in [0.4, 0.5) is 0 Å². The monoisotopic (exact) mass is 430 g/mol. The Hall–Kier alpha value is -0.0800. The molecule has 0 radical (unpaired) electrons. The van der Waals surface area contributed by atoms with E-state index in [0.29, 0.717) is 6.42 Å². The molecule has 0 spiro atoms. The van der Waals surface area contributed by atoms with Gasteiger partial charge in [-0.1, -0.05) is 129 Å². The van der Waals surface area contributed by atoms with Gasteiger partial charge in [0.15, 0.2) is 0 Å². The molecular weight excluding hydrogens is 380 g/mol. The summed E-state index contributed by atoms with van der Waals surface area (Å²) < 4.78 is 5.99. The van der Waals surface area contributed by atoms with E-state index in [1.807, 2.05) is 0 Å². The molecule has 0 aromatic carbocycles. The second kappa shape index (κ2) is 24.2. The highest BCUT2D eigenvalue weighted by Crippen LogP contribution is 2.16. The van der Waals surface area contributed by atoms with Gasteiger partial charge >= 0.3 is 0 Å². The van der Waals surface area contributed by atoms with Crippen molar-refractivity contribution < 1.29 is 9.53 Å². The van der Waals surface area contributed by atoms with E-state index in [2.05, 4.69) is 13.8 Å². The van der Waals surface area contributed by atoms with Crippen LogP contribution in [0.3, 0.4) is 0 Å². The molecule has 2 nitrogen and oxygen atoms in total. The molecule has 0 heterocycles. The van der Waals surface area contributed by atoms with Crippen molar-refractivity contribution in [3.05, 3.63) is 0 Å². The van der Waals surface area contributed by atoms with Crippen LogP contribution >= 0.6 is 11.6 Å². The second-order valence-corrected chi connectivity index (χ2v) is 9.27. The lowest BCUT2D eigenvalue weighted by Crippen LogP contribution is -2.16. The zero-order chi connectivity index (χ0) is 21.4. The Morgan fingerprint density at radius 1 is 0.621 bits per heavy atom. The van der Waals surface area contributed by atoms with E-state index in [4.69, 9.17) is 16.3 Å². The Kier molecular flexibility index (Phi) is 24.1. The molecule has 174 valence electrons. The van der Waals surface area contributed by atoms with Crippen LogP contribution in [0.25, 0.3) is 0 Å². The van der Waals surface area contributed by atoms with Gasteiger partial charge in [0, 0.05) is 13.0 Å². The number of halogens is 1. The number of rotatable bonds is 24. The molecule has 0 aromatic heterocycles. The minimum Gasteiger partial charge on any atom is -0.378 e. The fourth-order valence-electron chi connectivity index (χ4n) is 3.95. The Morgan fingerprint density at radius 2 is 1.00 bits per heavy atom. The highest BCUT2D eigenvalue weighted by atomic mass is 35.5. The quantitative estimate of drug-likeness (QED) is 0.112. The Labute approximate surface area is 187 Å². The van der Waals surface area contributed by atoms with Crippen molar-refractivity contribution >= 4 is 16.8 Å². The maximum Gasteiger partial charge on any atom is 0.224 e. The first kappa shape index (κ1) is 28.9. The molecule has 0 aliphatic heterocycles. The highest BCUT2D eigenvalue weighted by Gasteiger charge is 2.12. The van der Waals surface area contributed by atoms with Gasteiger partial charge < -0.3 is 4.74 Å². The first-order valence-electron chi connectivity index (χ1n) is 13.0. The van der Waals surface area contributed by atoms with Crippen LogP contribution in [0.15, 0.2) is 0 Å². The Morgan fingerprint density at radius 3 is 1.41 bits per heavy atom. The highest BCUT2D eigenvalue weighted by molar-refractivity contribution is 6.63. The summed E-state index contributed by atoms with van der Waals surface area (Å²) in [7, 11) is 0. The number of unbranched alkanes of at least 4 members (excludes halogenated alkanes) is 17. The molecule has 0 aliphatic carbocycles. The maximum atomic E-state index is 11.3.